The summed E-state index contributed by atoms with van der Waals surface area (Å²) in [5.41, 5.74) is 1.41. The highest BCUT2D eigenvalue weighted by Crippen LogP contribution is 2.13. The van der Waals surface area contributed by atoms with Crippen LogP contribution in [0.4, 0.5) is 8.78 Å². The van der Waals surface area contributed by atoms with Crippen LogP contribution in [0.15, 0.2) is 24.3 Å². The number of hydrogen-bond acceptors (Lipinski definition) is 3. The van der Waals surface area contributed by atoms with Gasteiger partial charge in [0.25, 0.3) is 12.3 Å². The Hall–Kier alpha value is -2.02. The minimum absolute atomic E-state index is 0.137. The normalized spacial score (nSPS) is 16.6. The number of benzene rings is 1. The standard InChI is InChI=1S/C20H29F2N3O2/c1-14(2)12-17(23-19(26)16-7-5-4-6-15(16)3)20(27)25-10-8-24(9-11-25)13-18(21)22/h4-7,14,17-18H,8-13H2,1-3H3,(H,23,26). The van der Waals surface area contributed by atoms with Gasteiger partial charge in [0.1, 0.15) is 6.04 Å². The number of rotatable bonds is 7. The zero-order chi connectivity index (χ0) is 20.0. The lowest BCUT2D eigenvalue weighted by Gasteiger charge is -2.36. The largest absolute Gasteiger partial charge is 0.340 e. The molecule has 1 atom stereocenters. The minimum Gasteiger partial charge on any atom is -0.340 e. The van der Waals surface area contributed by atoms with Crippen molar-refractivity contribution in [1.82, 2.24) is 15.1 Å². The van der Waals surface area contributed by atoms with Crippen LogP contribution in [0.1, 0.15) is 36.2 Å². The van der Waals surface area contributed by atoms with Crippen molar-refractivity contribution in [2.75, 3.05) is 32.7 Å². The van der Waals surface area contributed by atoms with Crippen molar-refractivity contribution in [3.8, 4) is 0 Å². The Morgan fingerprint density at radius 2 is 1.74 bits per heavy atom. The number of nitrogens with one attached hydrogen (secondary N) is 1. The van der Waals surface area contributed by atoms with E-state index in [0.717, 1.165) is 5.56 Å². The van der Waals surface area contributed by atoms with Gasteiger partial charge in [-0.25, -0.2) is 8.78 Å². The van der Waals surface area contributed by atoms with Crippen LogP contribution < -0.4 is 5.32 Å². The third kappa shape index (κ3) is 6.27. The third-order valence-electron chi connectivity index (χ3n) is 4.78. The summed E-state index contributed by atoms with van der Waals surface area (Å²) in [5, 5.41) is 2.88. The first-order valence-electron chi connectivity index (χ1n) is 9.43. The Balaban J connectivity index is 2.02. The smallest absolute Gasteiger partial charge is 0.252 e. The first-order valence-corrected chi connectivity index (χ1v) is 9.43. The molecule has 1 N–H and O–H groups in total. The van der Waals surface area contributed by atoms with E-state index in [0.29, 0.717) is 38.2 Å². The topological polar surface area (TPSA) is 52.7 Å². The van der Waals surface area contributed by atoms with E-state index < -0.39 is 12.5 Å². The summed E-state index contributed by atoms with van der Waals surface area (Å²) in [4.78, 5) is 28.9. The molecule has 1 fully saturated rings. The number of alkyl halides is 2. The summed E-state index contributed by atoms with van der Waals surface area (Å²) in [6.45, 7) is 7.26. The minimum atomic E-state index is -2.37. The molecule has 1 unspecified atom stereocenters. The molecule has 1 saturated heterocycles. The fourth-order valence-corrected chi connectivity index (χ4v) is 3.32. The second-order valence-electron chi connectivity index (χ2n) is 7.49. The van der Waals surface area contributed by atoms with Gasteiger partial charge in [0.05, 0.1) is 6.54 Å². The van der Waals surface area contributed by atoms with Crippen molar-refractivity contribution in [1.29, 1.82) is 0 Å². The molecule has 1 aromatic rings. The molecule has 1 aromatic carbocycles. The fourth-order valence-electron chi connectivity index (χ4n) is 3.32. The number of piperazine rings is 1. The molecule has 2 amide bonds. The molecular formula is C20H29F2N3O2. The van der Waals surface area contributed by atoms with Crippen LogP contribution >= 0.6 is 0 Å². The van der Waals surface area contributed by atoms with Gasteiger partial charge in [-0.2, -0.15) is 0 Å². The van der Waals surface area contributed by atoms with E-state index in [1.54, 1.807) is 21.9 Å². The molecule has 0 saturated carbocycles. The Morgan fingerprint density at radius 3 is 2.30 bits per heavy atom. The van der Waals surface area contributed by atoms with E-state index in [4.69, 9.17) is 0 Å². The Kier molecular flexibility index (Phi) is 7.71. The maximum atomic E-state index is 13.0. The number of nitrogens with zero attached hydrogens (tertiary/aromatic N) is 2. The number of halogens is 2. The van der Waals surface area contributed by atoms with Gasteiger partial charge in [-0.1, -0.05) is 32.0 Å². The summed E-state index contributed by atoms with van der Waals surface area (Å²) in [6.07, 6.45) is -1.83. The lowest BCUT2D eigenvalue weighted by atomic mass is 10.0. The summed E-state index contributed by atoms with van der Waals surface area (Å²) < 4.78 is 25.0. The summed E-state index contributed by atoms with van der Waals surface area (Å²) in [6, 6.07) is 6.64. The quantitative estimate of drug-likeness (QED) is 0.790. The Labute approximate surface area is 159 Å². The highest BCUT2D eigenvalue weighted by Gasteiger charge is 2.30. The number of carbonyl (C=O) groups excluding carboxylic acids is 2. The molecule has 27 heavy (non-hydrogen) atoms. The second-order valence-corrected chi connectivity index (χ2v) is 7.49. The summed E-state index contributed by atoms with van der Waals surface area (Å²) >= 11 is 0. The van der Waals surface area contributed by atoms with Gasteiger partial charge in [0, 0.05) is 31.7 Å². The van der Waals surface area contributed by atoms with Crippen LogP contribution in [0.5, 0.6) is 0 Å². The van der Waals surface area contributed by atoms with Crippen molar-refractivity contribution < 1.29 is 18.4 Å². The van der Waals surface area contributed by atoms with Gasteiger partial charge in [0.2, 0.25) is 5.91 Å². The van der Waals surface area contributed by atoms with Crippen molar-refractivity contribution in [3.05, 3.63) is 35.4 Å². The van der Waals surface area contributed by atoms with E-state index in [9.17, 15) is 18.4 Å². The highest BCUT2D eigenvalue weighted by atomic mass is 19.3. The molecule has 150 valence electrons. The summed E-state index contributed by atoms with van der Waals surface area (Å²) in [5.74, 6) is -0.165. The van der Waals surface area contributed by atoms with Gasteiger partial charge in [0.15, 0.2) is 0 Å². The summed E-state index contributed by atoms with van der Waals surface area (Å²) in [7, 11) is 0. The molecule has 1 heterocycles. The molecule has 2 rings (SSSR count). The first-order chi connectivity index (χ1) is 12.8. The molecule has 5 nitrogen and oxygen atoms in total. The van der Waals surface area contributed by atoms with Crippen molar-refractivity contribution in [2.45, 2.75) is 39.7 Å². The molecule has 1 aliphatic rings. The van der Waals surface area contributed by atoms with E-state index in [2.05, 4.69) is 5.32 Å². The molecule has 0 bridgehead atoms. The zero-order valence-corrected chi connectivity index (χ0v) is 16.3. The van der Waals surface area contributed by atoms with Gasteiger partial charge < -0.3 is 10.2 Å². The number of amides is 2. The molecule has 0 radical (unpaired) electrons. The van der Waals surface area contributed by atoms with E-state index in [1.165, 1.54) is 0 Å². The third-order valence-corrected chi connectivity index (χ3v) is 4.78. The monoisotopic (exact) mass is 381 g/mol. The van der Waals surface area contributed by atoms with Crippen LogP contribution in [0.2, 0.25) is 0 Å². The number of aryl methyl sites for hydroxylation is 1. The Morgan fingerprint density at radius 1 is 1.11 bits per heavy atom. The number of hydrogen-bond donors (Lipinski definition) is 1. The van der Waals surface area contributed by atoms with E-state index >= 15 is 0 Å². The molecule has 7 heteroatoms. The average Bonchev–Trinajstić information content (AvgIpc) is 2.60. The first kappa shape index (κ1) is 21.3. The van der Waals surface area contributed by atoms with Crippen molar-refractivity contribution >= 4 is 11.8 Å². The molecule has 1 aliphatic heterocycles. The SMILES string of the molecule is Cc1ccccc1C(=O)NC(CC(C)C)C(=O)N1CCN(CC(F)F)CC1. The molecule has 0 aliphatic carbocycles. The van der Waals surface area contributed by atoms with Crippen LogP contribution in [0.3, 0.4) is 0 Å². The van der Waals surface area contributed by atoms with Crippen LogP contribution in [0, 0.1) is 12.8 Å². The number of carbonyl (C=O) groups is 2. The molecular weight excluding hydrogens is 352 g/mol. The zero-order valence-electron chi connectivity index (χ0n) is 16.3. The maximum Gasteiger partial charge on any atom is 0.252 e. The molecule has 0 spiro atoms. The van der Waals surface area contributed by atoms with E-state index in [-0.39, 0.29) is 24.3 Å². The molecule has 0 aromatic heterocycles. The van der Waals surface area contributed by atoms with Gasteiger partial charge in [-0.15, -0.1) is 0 Å². The lowest BCUT2D eigenvalue weighted by molar-refractivity contribution is -0.135. The van der Waals surface area contributed by atoms with Gasteiger partial charge in [-0.05, 0) is 30.9 Å². The van der Waals surface area contributed by atoms with Crippen molar-refractivity contribution in [3.63, 3.8) is 0 Å². The fraction of sp³-hybridized carbons (Fsp3) is 0.600. The van der Waals surface area contributed by atoms with Crippen LogP contribution in [-0.4, -0.2) is 66.8 Å². The maximum absolute atomic E-state index is 13.0. The van der Waals surface area contributed by atoms with Crippen LogP contribution in [0.25, 0.3) is 0 Å². The van der Waals surface area contributed by atoms with Gasteiger partial charge >= 0.3 is 0 Å². The highest BCUT2D eigenvalue weighted by molar-refractivity contribution is 5.98. The lowest BCUT2D eigenvalue weighted by Crippen LogP contribution is -2.55. The Bertz CT molecular complexity index is 644. The van der Waals surface area contributed by atoms with E-state index in [1.807, 2.05) is 32.9 Å². The van der Waals surface area contributed by atoms with Crippen LogP contribution in [-0.2, 0) is 4.79 Å². The predicted octanol–water partition coefficient (Wildman–Crippen LogP) is 2.55. The van der Waals surface area contributed by atoms with Gasteiger partial charge in [-0.3, -0.25) is 14.5 Å². The van der Waals surface area contributed by atoms with Crippen molar-refractivity contribution in [2.24, 2.45) is 5.92 Å². The predicted molar refractivity (Wildman–Crippen MR) is 101 cm³/mol. The average molecular weight is 381 g/mol. The second kappa shape index (κ2) is 9.78.